The second-order valence-electron chi connectivity index (χ2n) is 4.80. The molecule has 3 N–H and O–H groups in total. The smallest absolute Gasteiger partial charge is 0.238 e. The minimum atomic E-state index is -0.0932. The zero-order valence-electron chi connectivity index (χ0n) is 9.41. The first kappa shape index (κ1) is 10.9. The van der Waals surface area contributed by atoms with Crippen molar-refractivity contribution >= 4 is 5.91 Å². The maximum atomic E-state index is 11.8. The van der Waals surface area contributed by atoms with Crippen molar-refractivity contribution in [2.45, 2.75) is 50.7 Å². The van der Waals surface area contributed by atoms with E-state index in [9.17, 15) is 4.79 Å². The van der Waals surface area contributed by atoms with Gasteiger partial charge in [0.1, 0.15) is 6.04 Å². The van der Waals surface area contributed by atoms with Gasteiger partial charge >= 0.3 is 0 Å². The molecular formula is C11H21N3O. The van der Waals surface area contributed by atoms with Crippen molar-refractivity contribution in [1.82, 2.24) is 10.2 Å². The average Bonchev–Trinajstić information content (AvgIpc) is 2.69. The lowest BCUT2D eigenvalue weighted by Gasteiger charge is -2.41. The molecule has 15 heavy (non-hydrogen) atoms. The summed E-state index contributed by atoms with van der Waals surface area (Å²) >= 11 is 0. The van der Waals surface area contributed by atoms with Crippen molar-refractivity contribution in [2.75, 3.05) is 13.1 Å². The van der Waals surface area contributed by atoms with Crippen LogP contribution in [-0.2, 0) is 4.79 Å². The van der Waals surface area contributed by atoms with E-state index in [0.717, 1.165) is 6.54 Å². The summed E-state index contributed by atoms with van der Waals surface area (Å²) in [7, 11) is 0. The van der Waals surface area contributed by atoms with Crippen molar-refractivity contribution in [3.05, 3.63) is 0 Å². The van der Waals surface area contributed by atoms with E-state index in [0.29, 0.717) is 12.6 Å². The summed E-state index contributed by atoms with van der Waals surface area (Å²) in [6, 6.07) is 0.761. The van der Waals surface area contributed by atoms with Crippen LogP contribution in [0.15, 0.2) is 0 Å². The van der Waals surface area contributed by atoms with Gasteiger partial charge in [0, 0.05) is 25.2 Å². The fourth-order valence-electron chi connectivity index (χ4n) is 2.86. The summed E-state index contributed by atoms with van der Waals surface area (Å²) in [5, 5.41) is 2.97. The molecule has 0 spiro atoms. The van der Waals surface area contributed by atoms with Crippen LogP contribution in [-0.4, -0.2) is 42.0 Å². The lowest BCUT2D eigenvalue weighted by Crippen LogP contribution is -2.63. The highest BCUT2D eigenvalue weighted by atomic mass is 16.2. The summed E-state index contributed by atoms with van der Waals surface area (Å²) in [4.78, 5) is 14.1. The number of rotatable bonds is 2. The van der Waals surface area contributed by atoms with Crippen molar-refractivity contribution < 1.29 is 4.79 Å². The van der Waals surface area contributed by atoms with Crippen molar-refractivity contribution in [3.63, 3.8) is 0 Å². The van der Waals surface area contributed by atoms with E-state index >= 15 is 0 Å². The van der Waals surface area contributed by atoms with Gasteiger partial charge in [0.2, 0.25) is 5.91 Å². The van der Waals surface area contributed by atoms with E-state index in [1.54, 1.807) is 0 Å². The van der Waals surface area contributed by atoms with Crippen LogP contribution < -0.4 is 11.1 Å². The first-order valence-electron chi connectivity index (χ1n) is 5.98. The monoisotopic (exact) mass is 211 g/mol. The van der Waals surface area contributed by atoms with Gasteiger partial charge in [-0.25, -0.2) is 0 Å². The van der Waals surface area contributed by atoms with Crippen molar-refractivity contribution in [1.29, 1.82) is 0 Å². The van der Waals surface area contributed by atoms with Gasteiger partial charge < -0.3 is 11.1 Å². The Hall–Kier alpha value is -0.610. The van der Waals surface area contributed by atoms with Crippen LogP contribution in [0, 0.1) is 0 Å². The minimum Gasteiger partial charge on any atom is -0.351 e. The predicted molar refractivity (Wildman–Crippen MR) is 59.4 cm³/mol. The van der Waals surface area contributed by atoms with Gasteiger partial charge in [-0.1, -0.05) is 12.8 Å². The summed E-state index contributed by atoms with van der Waals surface area (Å²) in [5.74, 6) is 0.114. The van der Waals surface area contributed by atoms with E-state index < -0.39 is 0 Å². The minimum absolute atomic E-state index is 0.0932. The topological polar surface area (TPSA) is 58.4 Å². The van der Waals surface area contributed by atoms with E-state index in [4.69, 9.17) is 5.73 Å². The zero-order valence-corrected chi connectivity index (χ0v) is 9.41. The molecule has 1 amide bonds. The molecule has 2 atom stereocenters. The molecular weight excluding hydrogens is 190 g/mol. The Bertz CT molecular complexity index is 238. The Morgan fingerprint density at radius 1 is 1.47 bits per heavy atom. The van der Waals surface area contributed by atoms with Crippen LogP contribution in [0.3, 0.4) is 0 Å². The molecule has 2 aliphatic rings. The average molecular weight is 211 g/mol. The van der Waals surface area contributed by atoms with Crippen LogP contribution in [0.5, 0.6) is 0 Å². The molecule has 4 nitrogen and oxygen atoms in total. The summed E-state index contributed by atoms with van der Waals surface area (Å²) in [6.45, 7) is 3.46. The van der Waals surface area contributed by atoms with Gasteiger partial charge in [0.25, 0.3) is 0 Å². The number of carbonyl (C=O) groups excluding carboxylic acids is 1. The SMILES string of the molecule is CC1CN(C2CCCC2)C(CN)C(=O)N1. The number of nitrogens with zero attached hydrogens (tertiary/aromatic N) is 1. The molecule has 2 unspecified atom stereocenters. The molecule has 1 aliphatic heterocycles. The standard InChI is InChI=1S/C11H21N3O/c1-8-7-14(9-4-2-3-5-9)10(6-12)11(15)13-8/h8-10H,2-7,12H2,1H3,(H,13,15). The molecule has 86 valence electrons. The molecule has 0 aromatic heterocycles. The molecule has 1 heterocycles. The Balaban J connectivity index is 2.07. The van der Waals surface area contributed by atoms with E-state index in [-0.39, 0.29) is 18.0 Å². The lowest BCUT2D eigenvalue weighted by molar-refractivity contribution is -0.131. The fourth-order valence-corrected chi connectivity index (χ4v) is 2.86. The molecule has 1 saturated heterocycles. The van der Waals surface area contributed by atoms with Crippen molar-refractivity contribution in [3.8, 4) is 0 Å². The molecule has 1 saturated carbocycles. The van der Waals surface area contributed by atoms with E-state index in [1.807, 2.05) is 0 Å². The third kappa shape index (κ3) is 2.16. The Labute approximate surface area is 91.2 Å². The molecule has 2 fully saturated rings. The largest absolute Gasteiger partial charge is 0.351 e. The van der Waals surface area contributed by atoms with Gasteiger partial charge in [0.15, 0.2) is 0 Å². The fraction of sp³-hybridized carbons (Fsp3) is 0.909. The van der Waals surface area contributed by atoms with E-state index in [1.165, 1.54) is 25.7 Å². The predicted octanol–water partition coefficient (Wildman–Crippen LogP) is 0.0766. The Morgan fingerprint density at radius 2 is 2.13 bits per heavy atom. The van der Waals surface area contributed by atoms with Crippen LogP contribution in [0.4, 0.5) is 0 Å². The van der Waals surface area contributed by atoms with Gasteiger partial charge in [-0.3, -0.25) is 9.69 Å². The second kappa shape index (κ2) is 4.49. The van der Waals surface area contributed by atoms with Gasteiger partial charge in [-0.05, 0) is 19.8 Å². The quantitative estimate of drug-likeness (QED) is 0.680. The number of nitrogens with two attached hydrogens (primary N) is 1. The van der Waals surface area contributed by atoms with Crippen LogP contribution >= 0.6 is 0 Å². The maximum Gasteiger partial charge on any atom is 0.238 e. The Kier molecular flexibility index (Phi) is 3.26. The third-order valence-electron chi connectivity index (χ3n) is 3.59. The van der Waals surface area contributed by atoms with Crippen LogP contribution in [0.2, 0.25) is 0 Å². The van der Waals surface area contributed by atoms with Crippen molar-refractivity contribution in [2.24, 2.45) is 5.73 Å². The van der Waals surface area contributed by atoms with Gasteiger partial charge in [-0.2, -0.15) is 0 Å². The molecule has 4 heteroatoms. The number of piperazine rings is 1. The summed E-state index contributed by atoms with van der Waals surface area (Å²) in [5.41, 5.74) is 5.69. The number of amides is 1. The first-order chi connectivity index (χ1) is 7.22. The number of nitrogens with one attached hydrogen (secondary N) is 1. The molecule has 1 aliphatic carbocycles. The first-order valence-corrected chi connectivity index (χ1v) is 5.98. The highest BCUT2D eigenvalue weighted by Crippen LogP contribution is 2.26. The highest BCUT2D eigenvalue weighted by Gasteiger charge is 2.36. The third-order valence-corrected chi connectivity index (χ3v) is 3.59. The molecule has 0 bridgehead atoms. The lowest BCUT2D eigenvalue weighted by atomic mass is 10.0. The number of carbonyl (C=O) groups is 1. The van der Waals surface area contributed by atoms with Crippen LogP contribution in [0.25, 0.3) is 0 Å². The highest BCUT2D eigenvalue weighted by molar-refractivity contribution is 5.83. The molecule has 0 aromatic carbocycles. The Morgan fingerprint density at radius 3 is 2.73 bits per heavy atom. The molecule has 2 rings (SSSR count). The molecule has 0 aromatic rings. The number of hydrogen-bond acceptors (Lipinski definition) is 3. The zero-order chi connectivity index (χ0) is 10.8. The normalized spacial score (nSPS) is 34.4. The van der Waals surface area contributed by atoms with Gasteiger partial charge in [-0.15, -0.1) is 0 Å². The van der Waals surface area contributed by atoms with Gasteiger partial charge in [0.05, 0.1) is 0 Å². The summed E-state index contributed by atoms with van der Waals surface area (Å²) < 4.78 is 0. The molecule has 0 radical (unpaired) electrons. The maximum absolute atomic E-state index is 11.8. The van der Waals surface area contributed by atoms with Crippen LogP contribution in [0.1, 0.15) is 32.6 Å². The summed E-state index contributed by atoms with van der Waals surface area (Å²) in [6.07, 6.45) is 5.07. The van der Waals surface area contributed by atoms with E-state index in [2.05, 4.69) is 17.1 Å². The second-order valence-corrected chi connectivity index (χ2v) is 4.80. The number of hydrogen-bond donors (Lipinski definition) is 2.